The minimum Gasteiger partial charge on any atom is -0.392 e. The zero-order valence-electron chi connectivity index (χ0n) is 12.5. The summed E-state index contributed by atoms with van der Waals surface area (Å²) in [6.07, 6.45) is 2.09. The van der Waals surface area contributed by atoms with Crippen LogP contribution in [0.1, 0.15) is 24.0 Å². The molecular weight excluding hydrogens is 288 g/mol. The zero-order chi connectivity index (χ0) is 15.3. The number of rotatable bonds is 6. The number of hydrogen-bond acceptors (Lipinski definition) is 4. The monoisotopic (exact) mass is 312 g/mol. The van der Waals surface area contributed by atoms with Crippen LogP contribution in [0.2, 0.25) is 0 Å². The van der Waals surface area contributed by atoms with Gasteiger partial charge in [0.2, 0.25) is 10.0 Å². The smallest absolute Gasteiger partial charge is 0.215 e. The lowest BCUT2D eigenvalue weighted by Gasteiger charge is -2.28. The highest BCUT2D eigenvalue weighted by atomic mass is 32.2. The third-order valence-corrected chi connectivity index (χ3v) is 5.31. The maximum atomic E-state index is 12.1. The summed E-state index contributed by atoms with van der Waals surface area (Å²) in [5, 5.41) is 8.97. The molecule has 118 valence electrons. The van der Waals surface area contributed by atoms with E-state index >= 15 is 0 Å². The van der Waals surface area contributed by atoms with Crippen molar-refractivity contribution in [3.05, 3.63) is 35.4 Å². The average molecular weight is 312 g/mol. The highest BCUT2D eigenvalue weighted by Gasteiger charge is 2.19. The molecule has 2 rings (SSSR count). The molecule has 1 aliphatic heterocycles. The molecule has 0 aliphatic carbocycles. The molecule has 1 fully saturated rings. The zero-order valence-corrected chi connectivity index (χ0v) is 13.3. The summed E-state index contributed by atoms with van der Waals surface area (Å²) in [4.78, 5) is 2.27. The van der Waals surface area contributed by atoms with Gasteiger partial charge in [0.15, 0.2) is 0 Å². The van der Waals surface area contributed by atoms with Crippen molar-refractivity contribution in [3.8, 4) is 0 Å². The molecule has 0 unspecified atom stereocenters. The van der Waals surface area contributed by atoms with Crippen molar-refractivity contribution < 1.29 is 13.5 Å². The second kappa shape index (κ2) is 7.35. The summed E-state index contributed by atoms with van der Waals surface area (Å²) in [7, 11) is -1.20. The molecule has 21 heavy (non-hydrogen) atoms. The SMILES string of the molecule is CN1CCC(CNS(=O)(=O)Cc2ccc(CO)cc2)CC1. The minimum absolute atomic E-state index is 0.00860. The summed E-state index contributed by atoms with van der Waals surface area (Å²) in [6.45, 7) is 2.58. The molecule has 0 saturated carbocycles. The predicted molar refractivity (Wildman–Crippen MR) is 83.2 cm³/mol. The van der Waals surface area contributed by atoms with E-state index in [1.807, 2.05) is 0 Å². The molecule has 0 atom stereocenters. The molecule has 1 aromatic carbocycles. The second-order valence-corrected chi connectivity index (χ2v) is 7.64. The van der Waals surface area contributed by atoms with E-state index in [0.29, 0.717) is 12.5 Å². The molecule has 0 aromatic heterocycles. The van der Waals surface area contributed by atoms with Crippen LogP contribution in [0.3, 0.4) is 0 Å². The quantitative estimate of drug-likeness (QED) is 0.820. The van der Waals surface area contributed by atoms with Crippen molar-refractivity contribution in [3.63, 3.8) is 0 Å². The molecule has 1 aliphatic rings. The minimum atomic E-state index is -3.29. The van der Waals surface area contributed by atoms with Gasteiger partial charge in [0.25, 0.3) is 0 Å². The van der Waals surface area contributed by atoms with E-state index in [1.54, 1.807) is 24.3 Å². The van der Waals surface area contributed by atoms with E-state index < -0.39 is 10.0 Å². The largest absolute Gasteiger partial charge is 0.392 e. The number of aliphatic hydroxyl groups excluding tert-OH is 1. The highest BCUT2D eigenvalue weighted by molar-refractivity contribution is 7.88. The van der Waals surface area contributed by atoms with Crippen LogP contribution in [0.15, 0.2) is 24.3 Å². The Hall–Kier alpha value is -0.950. The summed E-state index contributed by atoms with van der Waals surface area (Å²) in [5.41, 5.74) is 1.53. The summed E-state index contributed by atoms with van der Waals surface area (Å²) in [5.74, 6) is 0.429. The van der Waals surface area contributed by atoms with Crippen LogP contribution in [0.25, 0.3) is 0 Å². The van der Waals surface area contributed by atoms with Gasteiger partial charge in [0.1, 0.15) is 0 Å². The summed E-state index contributed by atoms with van der Waals surface area (Å²) >= 11 is 0. The first-order valence-corrected chi connectivity index (χ1v) is 8.98. The molecule has 1 saturated heterocycles. The molecule has 0 radical (unpaired) electrons. The molecule has 0 bridgehead atoms. The fraction of sp³-hybridized carbons (Fsp3) is 0.600. The lowest BCUT2D eigenvalue weighted by Crippen LogP contribution is -2.37. The van der Waals surface area contributed by atoms with Gasteiger partial charge in [-0.3, -0.25) is 0 Å². The third kappa shape index (κ3) is 5.39. The van der Waals surface area contributed by atoms with E-state index in [1.165, 1.54) is 0 Å². The van der Waals surface area contributed by atoms with Gasteiger partial charge in [-0.05, 0) is 50.0 Å². The maximum absolute atomic E-state index is 12.1. The average Bonchev–Trinajstić information content (AvgIpc) is 2.47. The Morgan fingerprint density at radius 1 is 1.19 bits per heavy atom. The Kier molecular flexibility index (Phi) is 5.75. The first-order chi connectivity index (χ1) is 9.98. The number of hydrogen-bond donors (Lipinski definition) is 2. The van der Waals surface area contributed by atoms with Crippen LogP contribution in [0.4, 0.5) is 0 Å². The normalized spacial score (nSPS) is 18.0. The van der Waals surface area contributed by atoms with Crippen molar-refractivity contribution in [1.82, 2.24) is 9.62 Å². The lowest BCUT2D eigenvalue weighted by atomic mass is 9.98. The number of benzene rings is 1. The molecule has 1 aromatic rings. The van der Waals surface area contributed by atoms with Gasteiger partial charge in [-0.15, -0.1) is 0 Å². The van der Waals surface area contributed by atoms with Crippen LogP contribution in [-0.4, -0.2) is 45.1 Å². The topological polar surface area (TPSA) is 69.6 Å². The number of likely N-dealkylation sites (tertiary alicyclic amines) is 1. The van der Waals surface area contributed by atoms with Crippen molar-refractivity contribution in [2.24, 2.45) is 5.92 Å². The molecule has 0 spiro atoms. The predicted octanol–water partition coefficient (Wildman–Crippen LogP) is 0.940. The Bertz CT molecular complexity index is 535. The van der Waals surface area contributed by atoms with Gasteiger partial charge in [0.05, 0.1) is 12.4 Å². The highest BCUT2D eigenvalue weighted by Crippen LogP contribution is 2.15. The number of aliphatic hydroxyl groups is 1. The van der Waals surface area contributed by atoms with Gasteiger partial charge in [-0.2, -0.15) is 0 Å². The van der Waals surface area contributed by atoms with Gasteiger partial charge >= 0.3 is 0 Å². The molecule has 5 nitrogen and oxygen atoms in total. The second-order valence-electron chi connectivity index (χ2n) is 5.83. The number of piperidine rings is 1. The number of sulfonamides is 1. The van der Waals surface area contributed by atoms with Crippen molar-refractivity contribution in [1.29, 1.82) is 0 Å². The van der Waals surface area contributed by atoms with Crippen LogP contribution < -0.4 is 4.72 Å². The van der Waals surface area contributed by atoms with Gasteiger partial charge < -0.3 is 10.0 Å². The molecular formula is C15H24N2O3S. The van der Waals surface area contributed by atoms with Crippen LogP contribution in [0.5, 0.6) is 0 Å². The maximum Gasteiger partial charge on any atom is 0.215 e. The Morgan fingerprint density at radius 2 is 1.76 bits per heavy atom. The van der Waals surface area contributed by atoms with Crippen LogP contribution >= 0.6 is 0 Å². The van der Waals surface area contributed by atoms with E-state index in [9.17, 15) is 8.42 Å². The van der Waals surface area contributed by atoms with Gasteiger partial charge in [0, 0.05) is 6.54 Å². The van der Waals surface area contributed by atoms with Crippen molar-refractivity contribution >= 4 is 10.0 Å². The van der Waals surface area contributed by atoms with Crippen LogP contribution in [-0.2, 0) is 22.4 Å². The third-order valence-electron chi connectivity index (χ3n) is 3.99. The first kappa shape index (κ1) is 16.4. The fourth-order valence-corrected chi connectivity index (χ4v) is 3.75. The van der Waals surface area contributed by atoms with Gasteiger partial charge in [-0.1, -0.05) is 24.3 Å². The van der Waals surface area contributed by atoms with Crippen molar-refractivity contribution in [2.75, 3.05) is 26.7 Å². The van der Waals surface area contributed by atoms with Crippen molar-refractivity contribution in [2.45, 2.75) is 25.2 Å². The standard InChI is InChI=1S/C15H24N2O3S/c1-17-8-6-13(7-9-17)10-16-21(19,20)12-15-4-2-14(11-18)3-5-15/h2-5,13,16,18H,6-12H2,1H3. The summed E-state index contributed by atoms with van der Waals surface area (Å²) < 4.78 is 26.9. The molecule has 6 heteroatoms. The lowest BCUT2D eigenvalue weighted by molar-refractivity contribution is 0.220. The number of nitrogens with zero attached hydrogens (tertiary/aromatic N) is 1. The van der Waals surface area contributed by atoms with E-state index in [-0.39, 0.29) is 12.4 Å². The first-order valence-electron chi connectivity index (χ1n) is 7.33. The van der Waals surface area contributed by atoms with Crippen LogP contribution in [0, 0.1) is 5.92 Å². The molecule has 2 N–H and O–H groups in total. The Labute approximate surface area is 127 Å². The van der Waals surface area contributed by atoms with E-state index in [2.05, 4.69) is 16.7 Å². The van der Waals surface area contributed by atoms with Gasteiger partial charge in [-0.25, -0.2) is 13.1 Å². The Morgan fingerprint density at radius 3 is 2.33 bits per heavy atom. The fourth-order valence-electron chi connectivity index (χ4n) is 2.52. The molecule has 1 heterocycles. The summed E-state index contributed by atoms with van der Waals surface area (Å²) in [6, 6.07) is 7.00. The molecule has 0 amide bonds. The van der Waals surface area contributed by atoms with E-state index in [4.69, 9.17) is 5.11 Å². The number of nitrogens with one attached hydrogen (secondary N) is 1. The van der Waals surface area contributed by atoms with E-state index in [0.717, 1.165) is 37.1 Å². The Balaban J connectivity index is 1.83.